The van der Waals surface area contributed by atoms with Crippen LogP contribution in [-0.2, 0) is 24.3 Å². The van der Waals surface area contributed by atoms with Crippen molar-refractivity contribution in [1.82, 2.24) is 0 Å². The number of hydrogen-bond donors (Lipinski definition) is 2. The minimum Gasteiger partial charge on any atom is -0.507 e. The zero-order chi connectivity index (χ0) is 25.8. The molecule has 2 aromatic rings. The average Bonchev–Trinajstić information content (AvgIpc) is 2.79. The van der Waals surface area contributed by atoms with Crippen molar-refractivity contribution >= 4 is 39.3 Å². The minimum atomic E-state index is -4.07. The fourth-order valence-corrected chi connectivity index (χ4v) is 5.44. The number of rotatable bonds is 8. The normalized spacial score (nSPS) is 20.3. The van der Waals surface area contributed by atoms with Gasteiger partial charge in [0, 0.05) is 10.7 Å². The number of hydrogen-bond acceptors (Lipinski definition) is 7. The molecule has 2 N–H and O–H groups in total. The monoisotopic (exact) mass is 523 g/mol. The van der Waals surface area contributed by atoms with Crippen molar-refractivity contribution in [2.45, 2.75) is 51.0 Å². The van der Waals surface area contributed by atoms with Crippen molar-refractivity contribution in [2.75, 3.05) is 11.3 Å². The van der Waals surface area contributed by atoms with E-state index in [4.69, 9.17) is 21.1 Å². The molecular weight excluding hydrogens is 494 g/mol. The molecule has 3 rings (SSSR count). The minimum absolute atomic E-state index is 0.241. The van der Waals surface area contributed by atoms with Crippen molar-refractivity contribution in [3.8, 4) is 5.75 Å². The molecule has 1 aliphatic rings. The second kappa shape index (κ2) is 11.3. The van der Waals surface area contributed by atoms with Crippen molar-refractivity contribution in [2.24, 2.45) is 17.8 Å². The Morgan fingerprint density at radius 2 is 1.83 bits per heavy atom. The van der Waals surface area contributed by atoms with Crippen LogP contribution in [0.1, 0.15) is 50.4 Å². The van der Waals surface area contributed by atoms with E-state index in [0.29, 0.717) is 16.9 Å². The number of phenols is 1. The zero-order valence-electron chi connectivity index (χ0n) is 19.9. The Bertz CT molecular complexity index is 1160. The summed E-state index contributed by atoms with van der Waals surface area (Å²) in [5.41, 5.74) is -0.116. The molecule has 190 valence electrons. The number of sulfonamides is 1. The van der Waals surface area contributed by atoms with Crippen LogP contribution >= 0.6 is 11.6 Å². The molecule has 0 amide bonds. The Morgan fingerprint density at radius 1 is 1.14 bits per heavy atom. The molecule has 0 bridgehead atoms. The molecule has 1 fully saturated rings. The van der Waals surface area contributed by atoms with E-state index in [0.717, 1.165) is 37.5 Å². The second-order valence-corrected chi connectivity index (χ2v) is 11.3. The van der Waals surface area contributed by atoms with E-state index in [1.165, 1.54) is 24.3 Å². The van der Waals surface area contributed by atoms with Crippen molar-refractivity contribution in [3.05, 3.63) is 53.1 Å². The first kappa shape index (κ1) is 26.8. The van der Waals surface area contributed by atoms with E-state index in [1.54, 1.807) is 0 Å². The van der Waals surface area contributed by atoms with E-state index in [1.807, 2.05) is 0 Å². The highest BCUT2D eigenvalue weighted by molar-refractivity contribution is 7.92. The molecule has 10 heteroatoms. The molecule has 35 heavy (non-hydrogen) atoms. The van der Waals surface area contributed by atoms with Crippen LogP contribution in [0.4, 0.5) is 5.69 Å². The molecule has 0 aromatic heterocycles. The number of carbonyl (C=O) groups is 2. The van der Waals surface area contributed by atoms with Gasteiger partial charge in [0.25, 0.3) is 10.0 Å². The number of esters is 2. The maximum atomic E-state index is 12.7. The van der Waals surface area contributed by atoms with Crippen molar-refractivity contribution in [3.63, 3.8) is 0 Å². The van der Waals surface area contributed by atoms with Crippen LogP contribution in [0, 0.1) is 17.8 Å². The van der Waals surface area contributed by atoms with Crippen LogP contribution in [0.5, 0.6) is 5.75 Å². The van der Waals surface area contributed by atoms with Crippen LogP contribution in [0.15, 0.2) is 47.4 Å². The van der Waals surface area contributed by atoms with E-state index in [9.17, 15) is 23.1 Å². The van der Waals surface area contributed by atoms with Crippen LogP contribution < -0.4 is 4.72 Å². The van der Waals surface area contributed by atoms with E-state index in [-0.39, 0.29) is 28.2 Å². The van der Waals surface area contributed by atoms with Crippen LogP contribution in [0.2, 0.25) is 5.02 Å². The predicted molar refractivity (Wildman–Crippen MR) is 132 cm³/mol. The Labute approximate surface area is 210 Å². The zero-order valence-corrected chi connectivity index (χ0v) is 21.4. The molecule has 1 aliphatic carbocycles. The van der Waals surface area contributed by atoms with Gasteiger partial charge >= 0.3 is 11.9 Å². The third kappa shape index (κ3) is 7.11. The Balaban J connectivity index is 1.65. The molecule has 3 unspecified atom stereocenters. The van der Waals surface area contributed by atoms with E-state index < -0.39 is 34.3 Å². The van der Waals surface area contributed by atoms with Gasteiger partial charge in [0.2, 0.25) is 0 Å². The maximum Gasteiger partial charge on any atom is 0.344 e. The number of benzene rings is 2. The largest absolute Gasteiger partial charge is 0.507 e. The first-order valence-corrected chi connectivity index (χ1v) is 13.3. The summed E-state index contributed by atoms with van der Waals surface area (Å²) in [6, 6.07) is 9.22. The summed E-state index contributed by atoms with van der Waals surface area (Å²) in [6.07, 6.45) is 2.56. The first-order chi connectivity index (χ1) is 16.5. The number of ether oxygens (including phenoxy) is 2. The Morgan fingerprint density at radius 3 is 2.49 bits per heavy atom. The third-order valence-electron chi connectivity index (χ3n) is 6.16. The number of halogens is 1. The van der Waals surface area contributed by atoms with Crippen molar-refractivity contribution < 1.29 is 32.6 Å². The van der Waals surface area contributed by atoms with Gasteiger partial charge in [-0.05, 0) is 73.1 Å². The van der Waals surface area contributed by atoms with Gasteiger partial charge < -0.3 is 14.6 Å². The number of anilines is 1. The van der Waals surface area contributed by atoms with E-state index >= 15 is 0 Å². The Kier molecular flexibility index (Phi) is 8.66. The van der Waals surface area contributed by atoms with Gasteiger partial charge in [-0.15, -0.1) is 0 Å². The predicted octanol–water partition coefficient (Wildman–Crippen LogP) is 5.01. The lowest BCUT2D eigenvalue weighted by atomic mass is 9.75. The first-order valence-electron chi connectivity index (χ1n) is 11.4. The summed E-state index contributed by atoms with van der Waals surface area (Å²) in [5, 5.41) is 10.5. The molecule has 3 atom stereocenters. The highest BCUT2D eigenvalue weighted by atomic mass is 35.5. The number of nitrogens with one attached hydrogen (secondary N) is 1. The number of phenolic OH excluding ortho intramolecular Hbond substituents is 1. The van der Waals surface area contributed by atoms with Crippen LogP contribution in [0.25, 0.3) is 0 Å². The quantitative estimate of drug-likeness (QED) is 0.467. The molecule has 0 spiro atoms. The second-order valence-electron chi connectivity index (χ2n) is 9.22. The molecule has 2 aromatic carbocycles. The molecule has 0 heterocycles. The number of carbonyl (C=O) groups excluding carboxylic acids is 2. The van der Waals surface area contributed by atoms with E-state index in [2.05, 4.69) is 25.5 Å². The van der Waals surface area contributed by atoms with Crippen LogP contribution in [-0.4, -0.2) is 38.2 Å². The van der Waals surface area contributed by atoms with Gasteiger partial charge in [0.1, 0.15) is 17.4 Å². The van der Waals surface area contributed by atoms with Gasteiger partial charge in [0.15, 0.2) is 6.61 Å². The van der Waals surface area contributed by atoms with Gasteiger partial charge in [-0.3, -0.25) is 4.72 Å². The smallest absolute Gasteiger partial charge is 0.344 e. The fraction of sp³-hybridized carbons (Fsp3) is 0.440. The summed E-state index contributed by atoms with van der Waals surface area (Å²) in [5.74, 6) is -1.17. The summed E-state index contributed by atoms with van der Waals surface area (Å²) < 4.78 is 38.4. The number of aromatic hydroxyl groups is 1. The summed E-state index contributed by atoms with van der Waals surface area (Å²) >= 11 is 5.82. The maximum absolute atomic E-state index is 12.7. The highest BCUT2D eigenvalue weighted by Crippen LogP contribution is 2.35. The van der Waals surface area contributed by atoms with Gasteiger partial charge in [-0.2, -0.15) is 0 Å². The van der Waals surface area contributed by atoms with Crippen LogP contribution in [0.3, 0.4) is 0 Å². The standard InChI is InChI=1S/C25H30ClNO7S/c1-15(2)20-10-4-16(3)12-23(20)34-24(29)14-33-25(30)21-13-19(9-11-22(21)28)35(31,32)27-18-7-5-17(26)6-8-18/h5-9,11,13,15-16,20,23,27-28H,4,10,12,14H2,1-3H3. The Hall–Kier alpha value is -2.78. The molecule has 0 radical (unpaired) electrons. The SMILES string of the molecule is CC1CCC(C(C)C)C(OC(=O)COC(=O)c2cc(S(=O)(=O)Nc3ccc(Cl)cc3)ccc2O)C1. The van der Waals surface area contributed by atoms with Gasteiger partial charge in [0.05, 0.1) is 4.90 Å². The lowest BCUT2D eigenvalue weighted by Crippen LogP contribution is -2.36. The average molecular weight is 524 g/mol. The molecule has 0 saturated heterocycles. The molecular formula is C25H30ClNO7S. The lowest BCUT2D eigenvalue weighted by molar-refractivity contribution is -0.159. The molecule has 1 saturated carbocycles. The molecule has 8 nitrogen and oxygen atoms in total. The van der Waals surface area contributed by atoms with Gasteiger partial charge in [-0.1, -0.05) is 38.8 Å². The third-order valence-corrected chi connectivity index (χ3v) is 7.79. The topological polar surface area (TPSA) is 119 Å². The molecule has 0 aliphatic heterocycles. The van der Waals surface area contributed by atoms with Crippen molar-refractivity contribution in [1.29, 1.82) is 0 Å². The summed E-state index contributed by atoms with van der Waals surface area (Å²) in [7, 11) is -4.07. The fourth-order valence-electron chi connectivity index (χ4n) is 4.23. The summed E-state index contributed by atoms with van der Waals surface area (Å²) in [6.45, 7) is 5.65. The highest BCUT2D eigenvalue weighted by Gasteiger charge is 2.33. The summed E-state index contributed by atoms with van der Waals surface area (Å²) in [4.78, 5) is 24.7. The lowest BCUT2D eigenvalue weighted by Gasteiger charge is -2.36. The van der Waals surface area contributed by atoms with Gasteiger partial charge in [-0.25, -0.2) is 18.0 Å².